The molecule has 1 aromatic heterocycles. The minimum Gasteiger partial charge on any atom is -0.497 e. The Bertz CT molecular complexity index is 1150. The molecule has 3 N–H and O–H groups in total. The molecule has 5 nitrogen and oxygen atoms in total. The maximum Gasteiger partial charge on any atom is 0.175 e. The first-order valence-electron chi connectivity index (χ1n) is 11.5. The lowest BCUT2D eigenvalue weighted by Crippen LogP contribution is -2.38. The highest BCUT2D eigenvalue weighted by atomic mass is 32.1. The Balaban J connectivity index is 1.33. The van der Waals surface area contributed by atoms with Crippen LogP contribution in [0.15, 0.2) is 54.7 Å². The molecule has 5 rings (SSSR count). The summed E-state index contributed by atoms with van der Waals surface area (Å²) >= 11 is 5.55. The maximum absolute atomic E-state index is 5.55. The lowest BCUT2D eigenvalue weighted by molar-refractivity contribution is 0.161. The number of H-pyrrole nitrogens is 1. The first kappa shape index (κ1) is 21.0. The highest BCUT2D eigenvalue weighted by molar-refractivity contribution is 7.80. The van der Waals surface area contributed by atoms with E-state index in [0.717, 1.165) is 41.6 Å². The van der Waals surface area contributed by atoms with E-state index in [1.54, 1.807) is 7.11 Å². The summed E-state index contributed by atoms with van der Waals surface area (Å²) in [7, 11) is 1.66. The molecule has 0 radical (unpaired) electrons. The number of hydrogen-bond acceptors (Lipinski definition) is 3. The molecule has 0 amide bonds. The second-order valence-electron chi connectivity index (χ2n) is 8.69. The number of nitrogens with one attached hydrogen (secondary N) is 3. The van der Waals surface area contributed by atoms with Gasteiger partial charge in [0.1, 0.15) is 5.75 Å². The fraction of sp³-hybridized carbons (Fsp3) is 0.346. The van der Waals surface area contributed by atoms with Gasteiger partial charge < -0.3 is 20.4 Å². The minimum atomic E-state index is 0.556. The third kappa shape index (κ3) is 4.52. The molecule has 32 heavy (non-hydrogen) atoms. The van der Waals surface area contributed by atoms with Crippen molar-refractivity contribution >= 4 is 45.2 Å². The zero-order chi connectivity index (χ0) is 21.9. The quantitative estimate of drug-likeness (QED) is 0.428. The molecule has 166 valence electrons. The van der Waals surface area contributed by atoms with E-state index in [1.165, 1.54) is 48.8 Å². The van der Waals surface area contributed by atoms with Crippen LogP contribution in [-0.4, -0.2) is 41.2 Å². The molecule has 6 heteroatoms. The van der Waals surface area contributed by atoms with Crippen molar-refractivity contribution in [2.75, 3.05) is 30.8 Å². The van der Waals surface area contributed by atoms with Crippen LogP contribution in [0.1, 0.15) is 37.7 Å². The minimum absolute atomic E-state index is 0.556. The topological polar surface area (TPSA) is 52.3 Å². The van der Waals surface area contributed by atoms with Crippen molar-refractivity contribution in [2.24, 2.45) is 0 Å². The standard InChI is InChI=1S/C26H30N4OS/c1-31-22-7-4-5-19(15-22)28-26(32)29-20-9-11-25-23(16-20)24(17-27-25)18-8-10-21-6-2-3-13-30(21)14-12-18/h4-5,7,9,11-12,15-17,21,27H,2-3,6,8,10,13-14H2,1H3,(H2,28,29,32). The second kappa shape index (κ2) is 9.35. The van der Waals surface area contributed by atoms with Crippen LogP contribution in [-0.2, 0) is 0 Å². The average Bonchev–Trinajstić information content (AvgIpc) is 3.10. The van der Waals surface area contributed by atoms with Crippen LogP contribution in [0, 0.1) is 0 Å². The highest BCUT2D eigenvalue weighted by Gasteiger charge is 2.24. The van der Waals surface area contributed by atoms with Gasteiger partial charge in [-0.3, -0.25) is 4.90 Å². The number of piperidine rings is 1. The number of anilines is 2. The van der Waals surface area contributed by atoms with Crippen LogP contribution in [0.5, 0.6) is 5.75 Å². The van der Waals surface area contributed by atoms with Gasteiger partial charge in [0.05, 0.1) is 7.11 Å². The van der Waals surface area contributed by atoms with Gasteiger partial charge in [-0.1, -0.05) is 18.6 Å². The molecule has 0 spiro atoms. The number of ether oxygens (including phenoxy) is 1. The number of thiocarbonyl (C=S) groups is 1. The number of methoxy groups -OCH3 is 1. The molecule has 1 unspecified atom stereocenters. The molecule has 1 atom stereocenters. The van der Waals surface area contributed by atoms with Crippen LogP contribution in [0.25, 0.3) is 16.5 Å². The summed E-state index contributed by atoms with van der Waals surface area (Å²) in [5.41, 5.74) is 5.80. The van der Waals surface area contributed by atoms with E-state index in [-0.39, 0.29) is 0 Å². The summed E-state index contributed by atoms with van der Waals surface area (Å²) in [6.07, 6.45) is 11.1. The van der Waals surface area contributed by atoms with E-state index in [2.05, 4.69) is 51.0 Å². The Morgan fingerprint density at radius 3 is 2.84 bits per heavy atom. The third-order valence-electron chi connectivity index (χ3n) is 6.68. The van der Waals surface area contributed by atoms with Gasteiger partial charge in [-0.25, -0.2) is 0 Å². The monoisotopic (exact) mass is 446 g/mol. The van der Waals surface area contributed by atoms with Gasteiger partial charge in [0.2, 0.25) is 0 Å². The van der Waals surface area contributed by atoms with Crippen molar-refractivity contribution in [2.45, 2.75) is 38.1 Å². The summed E-state index contributed by atoms with van der Waals surface area (Å²) in [6.45, 7) is 2.31. The Labute approximate surface area is 194 Å². The summed E-state index contributed by atoms with van der Waals surface area (Å²) in [4.78, 5) is 6.12. The third-order valence-corrected chi connectivity index (χ3v) is 6.89. The van der Waals surface area contributed by atoms with Gasteiger partial charge in [0.25, 0.3) is 0 Å². The summed E-state index contributed by atoms with van der Waals surface area (Å²) in [5.74, 6) is 0.795. The molecule has 1 fully saturated rings. The van der Waals surface area contributed by atoms with E-state index in [0.29, 0.717) is 5.11 Å². The van der Waals surface area contributed by atoms with Gasteiger partial charge in [0.15, 0.2) is 5.11 Å². The predicted octanol–water partition coefficient (Wildman–Crippen LogP) is 6.02. The summed E-state index contributed by atoms with van der Waals surface area (Å²) < 4.78 is 5.29. The molecular weight excluding hydrogens is 416 g/mol. The van der Waals surface area contributed by atoms with Crippen molar-refractivity contribution in [3.63, 3.8) is 0 Å². The van der Waals surface area contributed by atoms with E-state index >= 15 is 0 Å². The molecule has 3 heterocycles. The first-order valence-corrected chi connectivity index (χ1v) is 11.9. The number of aromatic nitrogens is 1. The van der Waals surface area contributed by atoms with Gasteiger partial charge in [-0.05, 0) is 80.4 Å². The highest BCUT2D eigenvalue weighted by Crippen LogP contribution is 2.34. The van der Waals surface area contributed by atoms with Crippen molar-refractivity contribution in [3.8, 4) is 5.75 Å². The maximum atomic E-state index is 5.55. The predicted molar refractivity (Wildman–Crippen MR) is 138 cm³/mol. The number of hydrogen-bond donors (Lipinski definition) is 3. The number of aromatic amines is 1. The molecule has 1 saturated heterocycles. The van der Waals surface area contributed by atoms with Crippen molar-refractivity contribution in [1.82, 2.24) is 9.88 Å². The average molecular weight is 447 g/mol. The largest absolute Gasteiger partial charge is 0.497 e. The molecule has 0 aliphatic carbocycles. The molecule has 0 bridgehead atoms. The van der Waals surface area contributed by atoms with E-state index < -0.39 is 0 Å². The zero-order valence-electron chi connectivity index (χ0n) is 18.5. The lowest BCUT2D eigenvalue weighted by atomic mass is 9.95. The fourth-order valence-corrected chi connectivity index (χ4v) is 5.22. The SMILES string of the molecule is COc1cccc(NC(=S)Nc2ccc3[nH]cc(C4=CCN5CCCCC5CC4)c3c2)c1. The summed E-state index contributed by atoms with van der Waals surface area (Å²) in [6, 6.07) is 14.9. The van der Waals surface area contributed by atoms with E-state index in [1.807, 2.05) is 24.3 Å². The molecule has 0 saturated carbocycles. The number of rotatable bonds is 4. The molecular formula is C26H30N4OS. The van der Waals surface area contributed by atoms with Crippen LogP contribution in [0.3, 0.4) is 0 Å². The smallest absolute Gasteiger partial charge is 0.175 e. The number of allylic oxidation sites excluding steroid dienone is 1. The Kier molecular flexibility index (Phi) is 6.14. The zero-order valence-corrected chi connectivity index (χ0v) is 19.3. The van der Waals surface area contributed by atoms with Crippen molar-refractivity contribution in [1.29, 1.82) is 0 Å². The van der Waals surface area contributed by atoms with Crippen molar-refractivity contribution < 1.29 is 4.74 Å². The van der Waals surface area contributed by atoms with Gasteiger partial charge in [-0.2, -0.15) is 0 Å². The Hall–Kier alpha value is -2.83. The van der Waals surface area contributed by atoms with Crippen LogP contribution >= 0.6 is 12.2 Å². The van der Waals surface area contributed by atoms with E-state index in [4.69, 9.17) is 17.0 Å². The lowest BCUT2D eigenvalue weighted by Gasteiger charge is -2.33. The Morgan fingerprint density at radius 2 is 1.97 bits per heavy atom. The van der Waals surface area contributed by atoms with E-state index in [9.17, 15) is 0 Å². The summed E-state index contributed by atoms with van der Waals surface area (Å²) in [5, 5.41) is 8.37. The molecule has 2 aliphatic heterocycles. The van der Waals surface area contributed by atoms with Crippen LogP contribution < -0.4 is 15.4 Å². The van der Waals surface area contributed by atoms with Crippen LogP contribution in [0.4, 0.5) is 11.4 Å². The normalized spacial score (nSPS) is 19.0. The van der Waals surface area contributed by atoms with Crippen molar-refractivity contribution in [3.05, 3.63) is 60.3 Å². The van der Waals surface area contributed by atoms with Crippen LogP contribution in [0.2, 0.25) is 0 Å². The number of nitrogens with zero attached hydrogens (tertiary/aromatic N) is 1. The second-order valence-corrected chi connectivity index (χ2v) is 9.09. The van der Waals surface area contributed by atoms with Gasteiger partial charge in [0, 0.05) is 52.7 Å². The fourth-order valence-electron chi connectivity index (χ4n) is 4.98. The molecule has 2 aliphatic rings. The number of fused-ring (bicyclic) bond motifs is 2. The molecule has 2 aromatic carbocycles. The van der Waals surface area contributed by atoms with Gasteiger partial charge in [-0.15, -0.1) is 0 Å². The number of benzene rings is 2. The Morgan fingerprint density at radius 1 is 1.09 bits per heavy atom. The molecule has 3 aromatic rings. The van der Waals surface area contributed by atoms with Gasteiger partial charge >= 0.3 is 0 Å². The first-order chi connectivity index (χ1) is 15.7.